The van der Waals surface area contributed by atoms with Crippen molar-refractivity contribution >= 4 is 0 Å². The molecule has 1 heterocycles. The molecule has 1 aliphatic heterocycles. The molecule has 2 heteroatoms. The Morgan fingerprint density at radius 1 is 1.55 bits per heavy atom. The molecule has 0 amide bonds. The van der Waals surface area contributed by atoms with Crippen molar-refractivity contribution in [3.63, 3.8) is 0 Å². The van der Waals surface area contributed by atoms with Crippen molar-refractivity contribution in [2.45, 2.75) is 45.5 Å². The molecule has 64 valence electrons. The largest absolute Gasteiger partial charge is 0.367 e. The highest BCUT2D eigenvalue weighted by molar-refractivity contribution is 4.94. The van der Waals surface area contributed by atoms with Crippen molar-refractivity contribution in [3.8, 4) is 0 Å². The zero-order chi connectivity index (χ0) is 8.06. The minimum absolute atomic E-state index is 0.0666. The van der Waals surface area contributed by atoms with Crippen molar-refractivity contribution < 1.29 is 9.84 Å². The minimum atomic E-state index is -0.502. The third kappa shape index (κ3) is 1.00. The first-order valence-electron chi connectivity index (χ1n) is 4.45. The van der Waals surface area contributed by atoms with Gasteiger partial charge in [-0.1, -0.05) is 13.8 Å². The van der Waals surface area contributed by atoms with E-state index in [2.05, 4.69) is 13.8 Å². The minimum Gasteiger partial charge on any atom is -0.367 e. The van der Waals surface area contributed by atoms with Gasteiger partial charge in [-0.05, 0) is 25.2 Å². The van der Waals surface area contributed by atoms with Crippen LogP contribution >= 0.6 is 0 Å². The number of aliphatic hydroxyl groups is 1. The molecular weight excluding hydrogens is 140 g/mol. The molecule has 0 spiro atoms. The van der Waals surface area contributed by atoms with E-state index in [9.17, 15) is 5.11 Å². The first-order chi connectivity index (χ1) is 5.12. The SMILES string of the molecule is C[C@@H]1CCC2(C)C[C@@H]1OC2O. The number of aliphatic hydroxyl groups excluding tert-OH is 1. The summed E-state index contributed by atoms with van der Waals surface area (Å²) in [5, 5.41) is 9.55. The molecular formula is C9H16O2. The molecule has 2 rings (SSSR count). The Bertz CT molecular complexity index is 169. The maximum Gasteiger partial charge on any atom is 0.160 e. The Morgan fingerprint density at radius 2 is 2.27 bits per heavy atom. The Balaban J connectivity index is 2.18. The molecule has 2 aliphatic rings. The molecule has 11 heavy (non-hydrogen) atoms. The second kappa shape index (κ2) is 2.20. The van der Waals surface area contributed by atoms with E-state index < -0.39 is 6.29 Å². The van der Waals surface area contributed by atoms with Gasteiger partial charge in [-0.2, -0.15) is 0 Å². The molecule has 0 aromatic heterocycles. The summed E-state index contributed by atoms with van der Waals surface area (Å²) in [6.07, 6.45) is 3.19. The van der Waals surface area contributed by atoms with E-state index >= 15 is 0 Å². The van der Waals surface area contributed by atoms with Gasteiger partial charge < -0.3 is 9.84 Å². The van der Waals surface area contributed by atoms with Gasteiger partial charge in [-0.15, -0.1) is 0 Å². The van der Waals surface area contributed by atoms with Crippen molar-refractivity contribution in [3.05, 3.63) is 0 Å². The van der Waals surface area contributed by atoms with Crippen molar-refractivity contribution in [2.24, 2.45) is 11.3 Å². The lowest BCUT2D eigenvalue weighted by Gasteiger charge is -2.30. The van der Waals surface area contributed by atoms with E-state index in [1.165, 1.54) is 6.42 Å². The first kappa shape index (κ1) is 7.56. The Morgan fingerprint density at radius 3 is 2.91 bits per heavy atom. The smallest absolute Gasteiger partial charge is 0.160 e. The zero-order valence-electron chi connectivity index (χ0n) is 7.21. The fourth-order valence-corrected chi connectivity index (χ4v) is 2.24. The maximum atomic E-state index is 9.55. The second-order valence-electron chi connectivity index (χ2n) is 4.40. The highest BCUT2D eigenvalue weighted by Gasteiger charge is 2.49. The summed E-state index contributed by atoms with van der Waals surface area (Å²) in [7, 11) is 0. The molecule has 1 aliphatic carbocycles. The van der Waals surface area contributed by atoms with Crippen LogP contribution in [0.25, 0.3) is 0 Å². The molecule has 2 bridgehead atoms. The molecule has 0 radical (unpaired) electrons. The molecule has 2 nitrogen and oxygen atoms in total. The Kier molecular flexibility index (Phi) is 1.52. The molecule has 1 saturated heterocycles. The highest BCUT2D eigenvalue weighted by Crippen LogP contribution is 2.48. The highest BCUT2D eigenvalue weighted by atomic mass is 16.6. The molecule has 2 unspecified atom stereocenters. The number of fused-ring (bicyclic) bond motifs is 2. The summed E-state index contributed by atoms with van der Waals surface area (Å²) in [6.45, 7) is 4.34. The van der Waals surface area contributed by atoms with Gasteiger partial charge in [0.25, 0.3) is 0 Å². The fourth-order valence-electron chi connectivity index (χ4n) is 2.24. The summed E-state index contributed by atoms with van der Waals surface area (Å²) in [6, 6.07) is 0. The summed E-state index contributed by atoms with van der Waals surface area (Å²) >= 11 is 0. The molecule has 2 fully saturated rings. The van der Waals surface area contributed by atoms with Crippen LogP contribution in [0.5, 0.6) is 0 Å². The van der Waals surface area contributed by atoms with Crippen LogP contribution in [0, 0.1) is 11.3 Å². The average molecular weight is 156 g/mol. The van der Waals surface area contributed by atoms with Crippen LogP contribution in [0.4, 0.5) is 0 Å². The lowest BCUT2D eigenvalue weighted by Crippen LogP contribution is -2.29. The molecule has 1 N–H and O–H groups in total. The van der Waals surface area contributed by atoms with E-state index in [4.69, 9.17) is 4.74 Å². The number of hydrogen-bond donors (Lipinski definition) is 1. The van der Waals surface area contributed by atoms with Crippen molar-refractivity contribution in [1.29, 1.82) is 0 Å². The summed E-state index contributed by atoms with van der Waals surface area (Å²) in [5.74, 6) is 0.639. The lowest BCUT2D eigenvalue weighted by atomic mass is 9.73. The van der Waals surface area contributed by atoms with E-state index in [1.807, 2.05) is 0 Å². The maximum absolute atomic E-state index is 9.55. The van der Waals surface area contributed by atoms with Crippen LogP contribution in [0.1, 0.15) is 33.1 Å². The Hall–Kier alpha value is -0.0800. The van der Waals surface area contributed by atoms with Gasteiger partial charge in [0.05, 0.1) is 6.10 Å². The van der Waals surface area contributed by atoms with Crippen LogP contribution in [0.3, 0.4) is 0 Å². The third-order valence-corrected chi connectivity index (χ3v) is 3.37. The van der Waals surface area contributed by atoms with E-state index in [-0.39, 0.29) is 5.41 Å². The first-order valence-corrected chi connectivity index (χ1v) is 4.45. The van der Waals surface area contributed by atoms with Crippen molar-refractivity contribution in [2.75, 3.05) is 0 Å². The normalized spacial score (nSPS) is 56.5. The van der Waals surface area contributed by atoms with Crippen LogP contribution in [0.15, 0.2) is 0 Å². The monoisotopic (exact) mass is 156 g/mol. The molecule has 1 saturated carbocycles. The fraction of sp³-hybridized carbons (Fsp3) is 1.00. The molecule has 4 atom stereocenters. The quantitative estimate of drug-likeness (QED) is 0.576. The van der Waals surface area contributed by atoms with E-state index in [0.717, 1.165) is 12.8 Å². The Labute approximate surface area is 67.6 Å². The van der Waals surface area contributed by atoms with Crippen molar-refractivity contribution in [1.82, 2.24) is 0 Å². The molecule has 0 aromatic carbocycles. The number of hydrogen-bond acceptors (Lipinski definition) is 2. The van der Waals surface area contributed by atoms with Crippen LogP contribution in [-0.4, -0.2) is 17.5 Å². The topological polar surface area (TPSA) is 29.5 Å². The third-order valence-electron chi connectivity index (χ3n) is 3.37. The van der Waals surface area contributed by atoms with Crippen LogP contribution in [0.2, 0.25) is 0 Å². The number of rotatable bonds is 0. The van der Waals surface area contributed by atoms with Gasteiger partial charge in [0.2, 0.25) is 0 Å². The predicted octanol–water partition coefficient (Wildman–Crippen LogP) is 1.53. The standard InChI is InChI=1S/C9H16O2/c1-6-3-4-9(2)5-7(6)11-8(9)10/h6-8,10H,3-5H2,1-2H3/t6-,7+,8?,9?/m1/s1. The van der Waals surface area contributed by atoms with E-state index in [0.29, 0.717) is 12.0 Å². The predicted molar refractivity (Wildman–Crippen MR) is 42.0 cm³/mol. The second-order valence-corrected chi connectivity index (χ2v) is 4.40. The zero-order valence-corrected chi connectivity index (χ0v) is 7.21. The van der Waals surface area contributed by atoms with Crippen LogP contribution < -0.4 is 0 Å². The van der Waals surface area contributed by atoms with Gasteiger partial charge in [-0.25, -0.2) is 0 Å². The van der Waals surface area contributed by atoms with Gasteiger partial charge in [0, 0.05) is 5.41 Å². The van der Waals surface area contributed by atoms with Gasteiger partial charge >= 0.3 is 0 Å². The van der Waals surface area contributed by atoms with Crippen LogP contribution in [-0.2, 0) is 4.74 Å². The summed E-state index contributed by atoms with van der Waals surface area (Å²) in [5.41, 5.74) is 0.0666. The van der Waals surface area contributed by atoms with Gasteiger partial charge in [0.1, 0.15) is 0 Å². The number of ether oxygens (including phenoxy) is 1. The molecule has 0 aromatic rings. The summed E-state index contributed by atoms with van der Waals surface area (Å²) in [4.78, 5) is 0. The average Bonchev–Trinajstić information content (AvgIpc) is 2.20. The van der Waals surface area contributed by atoms with Gasteiger partial charge in [-0.3, -0.25) is 0 Å². The summed E-state index contributed by atoms with van der Waals surface area (Å²) < 4.78 is 5.46. The lowest BCUT2D eigenvalue weighted by molar-refractivity contribution is -0.128. The van der Waals surface area contributed by atoms with E-state index in [1.54, 1.807) is 0 Å². The van der Waals surface area contributed by atoms with Gasteiger partial charge in [0.15, 0.2) is 6.29 Å².